The monoisotopic (exact) mass is 248 g/mol. The lowest BCUT2D eigenvalue weighted by molar-refractivity contribution is 0.204. The lowest BCUT2D eigenvalue weighted by atomic mass is 10.0. The highest BCUT2D eigenvalue weighted by Gasteiger charge is 2.18. The smallest absolute Gasteiger partial charge is 0.0637 e. The quantitative estimate of drug-likeness (QED) is 0.867. The van der Waals surface area contributed by atoms with Crippen molar-refractivity contribution < 1.29 is 4.74 Å². The maximum atomic E-state index is 5.23. The minimum atomic E-state index is 0.482. The van der Waals surface area contributed by atoms with Gasteiger partial charge in [0.25, 0.3) is 0 Å². The molecular weight excluding hydrogens is 224 g/mol. The predicted octanol–water partition coefficient (Wildman–Crippen LogP) is 2.91. The fourth-order valence-electron chi connectivity index (χ4n) is 2.58. The van der Waals surface area contributed by atoms with Crippen LogP contribution in [-0.2, 0) is 11.2 Å². The van der Waals surface area contributed by atoms with Gasteiger partial charge in [0.15, 0.2) is 0 Å². The molecule has 0 amide bonds. The van der Waals surface area contributed by atoms with Crippen molar-refractivity contribution >= 4 is 11.4 Å². The number of fused-ring (bicyclic) bond motifs is 1. The van der Waals surface area contributed by atoms with Gasteiger partial charge in [-0.3, -0.25) is 0 Å². The van der Waals surface area contributed by atoms with Gasteiger partial charge >= 0.3 is 0 Å². The Hall–Kier alpha value is -1.22. The molecule has 0 fully saturated rings. The Bertz CT molecular complexity index is 390. The number of nitrogens with zero attached hydrogens (tertiary/aromatic N) is 1. The highest BCUT2D eigenvalue weighted by molar-refractivity contribution is 5.74. The first-order valence-corrected chi connectivity index (χ1v) is 6.85. The summed E-state index contributed by atoms with van der Waals surface area (Å²) >= 11 is 0. The maximum Gasteiger partial charge on any atom is 0.0637 e. The molecule has 0 saturated carbocycles. The number of ether oxygens (including phenoxy) is 1. The van der Waals surface area contributed by atoms with Gasteiger partial charge in [-0.25, -0.2) is 0 Å². The molecule has 0 atom stereocenters. The number of aryl methyl sites for hydroxylation is 1. The molecule has 0 aliphatic carbocycles. The second kappa shape index (κ2) is 6.10. The summed E-state index contributed by atoms with van der Waals surface area (Å²) in [4.78, 5) is 2.42. The van der Waals surface area contributed by atoms with Crippen LogP contribution in [0.3, 0.4) is 0 Å². The molecule has 1 aromatic rings. The average molecular weight is 248 g/mol. The van der Waals surface area contributed by atoms with Gasteiger partial charge < -0.3 is 15.0 Å². The van der Waals surface area contributed by atoms with Crippen LogP contribution in [0.2, 0.25) is 0 Å². The van der Waals surface area contributed by atoms with Crippen LogP contribution >= 0.6 is 0 Å². The number of methoxy groups -OCH3 is 1. The number of para-hydroxylation sites is 1. The van der Waals surface area contributed by atoms with E-state index in [1.165, 1.54) is 29.8 Å². The zero-order chi connectivity index (χ0) is 13.0. The molecular formula is C15H24N2O. The van der Waals surface area contributed by atoms with Crippen LogP contribution in [0.1, 0.15) is 25.8 Å². The molecule has 100 valence electrons. The Balaban J connectivity index is 2.29. The molecule has 1 aliphatic rings. The van der Waals surface area contributed by atoms with Crippen molar-refractivity contribution in [3.8, 4) is 0 Å². The number of benzene rings is 1. The lowest BCUT2D eigenvalue weighted by Gasteiger charge is -2.33. The largest absolute Gasteiger partial charge is 0.383 e. The molecule has 0 bridgehead atoms. The van der Waals surface area contributed by atoms with Crippen LogP contribution in [0.25, 0.3) is 0 Å². The van der Waals surface area contributed by atoms with E-state index < -0.39 is 0 Å². The summed E-state index contributed by atoms with van der Waals surface area (Å²) in [6.45, 7) is 7.25. The first kappa shape index (κ1) is 13.2. The Labute approximate surface area is 110 Å². The van der Waals surface area contributed by atoms with Crippen molar-refractivity contribution in [1.82, 2.24) is 0 Å². The first-order chi connectivity index (χ1) is 8.74. The topological polar surface area (TPSA) is 24.5 Å². The molecule has 0 unspecified atom stereocenters. The second-order valence-corrected chi connectivity index (χ2v) is 5.12. The SMILES string of the molecule is COCCN(c1cccc2c1NCCC2)C(C)C. The summed E-state index contributed by atoms with van der Waals surface area (Å²) in [6, 6.07) is 7.10. The minimum Gasteiger partial charge on any atom is -0.383 e. The fraction of sp³-hybridized carbons (Fsp3) is 0.600. The average Bonchev–Trinajstić information content (AvgIpc) is 2.39. The number of nitrogens with one attached hydrogen (secondary N) is 1. The summed E-state index contributed by atoms with van der Waals surface area (Å²) < 4.78 is 5.23. The lowest BCUT2D eigenvalue weighted by Crippen LogP contribution is -2.35. The van der Waals surface area contributed by atoms with E-state index in [1.54, 1.807) is 7.11 Å². The highest BCUT2D eigenvalue weighted by atomic mass is 16.5. The van der Waals surface area contributed by atoms with Gasteiger partial charge in [-0.1, -0.05) is 12.1 Å². The van der Waals surface area contributed by atoms with Gasteiger partial charge in [0.05, 0.1) is 18.0 Å². The summed E-state index contributed by atoms with van der Waals surface area (Å²) in [6.07, 6.45) is 2.42. The van der Waals surface area contributed by atoms with E-state index in [2.05, 4.69) is 42.3 Å². The number of rotatable bonds is 5. The third-order valence-electron chi connectivity index (χ3n) is 3.52. The van der Waals surface area contributed by atoms with Crippen LogP contribution in [-0.4, -0.2) is 32.8 Å². The zero-order valence-corrected chi connectivity index (χ0v) is 11.7. The Morgan fingerprint density at radius 3 is 2.94 bits per heavy atom. The third-order valence-corrected chi connectivity index (χ3v) is 3.52. The standard InChI is InChI=1S/C15H24N2O/c1-12(2)17(10-11-18-3)14-8-4-6-13-7-5-9-16-15(13)14/h4,6,8,12,16H,5,7,9-11H2,1-3H3. The summed E-state index contributed by atoms with van der Waals surface area (Å²) in [5, 5.41) is 3.56. The van der Waals surface area contributed by atoms with Gasteiger partial charge in [-0.15, -0.1) is 0 Å². The van der Waals surface area contributed by atoms with E-state index in [9.17, 15) is 0 Å². The zero-order valence-electron chi connectivity index (χ0n) is 11.7. The van der Waals surface area contributed by atoms with Gasteiger partial charge in [0.2, 0.25) is 0 Å². The molecule has 0 saturated heterocycles. The summed E-state index contributed by atoms with van der Waals surface area (Å²) in [5.74, 6) is 0. The minimum absolute atomic E-state index is 0.482. The second-order valence-electron chi connectivity index (χ2n) is 5.12. The highest BCUT2D eigenvalue weighted by Crippen LogP contribution is 2.33. The molecule has 1 N–H and O–H groups in total. The Morgan fingerprint density at radius 2 is 2.22 bits per heavy atom. The van der Waals surface area contributed by atoms with E-state index in [1.807, 2.05) is 0 Å². The Morgan fingerprint density at radius 1 is 1.39 bits per heavy atom. The van der Waals surface area contributed by atoms with Gasteiger partial charge in [-0.05, 0) is 38.3 Å². The van der Waals surface area contributed by atoms with Crippen molar-refractivity contribution in [2.24, 2.45) is 0 Å². The molecule has 2 rings (SSSR count). The molecule has 0 spiro atoms. The van der Waals surface area contributed by atoms with Crippen LogP contribution in [0.4, 0.5) is 11.4 Å². The molecule has 0 radical (unpaired) electrons. The van der Waals surface area contributed by atoms with Crippen molar-refractivity contribution in [2.75, 3.05) is 37.0 Å². The van der Waals surface area contributed by atoms with E-state index >= 15 is 0 Å². The Kier molecular flexibility index (Phi) is 4.48. The maximum absolute atomic E-state index is 5.23. The van der Waals surface area contributed by atoms with Gasteiger partial charge in [-0.2, -0.15) is 0 Å². The number of hydrogen-bond donors (Lipinski definition) is 1. The third kappa shape index (κ3) is 2.78. The van der Waals surface area contributed by atoms with Gasteiger partial charge in [0.1, 0.15) is 0 Å². The molecule has 1 heterocycles. The normalized spacial score (nSPS) is 14.2. The summed E-state index contributed by atoms with van der Waals surface area (Å²) in [7, 11) is 1.76. The van der Waals surface area contributed by atoms with Crippen LogP contribution in [0.15, 0.2) is 18.2 Å². The molecule has 3 nitrogen and oxygen atoms in total. The fourth-order valence-corrected chi connectivity index (χ4v) is 2.58. The first-order valence-electron chi connectivity index (χ1n) is 6.85. The number of anilines is 2. The molecule has 0 aromatic heterocycles. The predicted molar refractivity (Wildman–Crippen MR) is 77.6 cm³/mol. The van der Waals surface area contributed by atoms with E-state index in [4.69, 9.17) is 4.74 Å². The van der Waals surface area contributed by atoms with Crippen LogP contribution < -0.4 is 10.2 Å². The van der Waals surface area contributed by atoms with E-state index in [0.717, 1.165) is 19.7 Å². The van der Waals surface area contributed by atoms with Crippen LogP contribution in [0.5, 0.6) is 0 Å². The molecule has 1 aliphatic heterocycles. The summed E-state index contributed by atoms with van der Waals surface area (Å²) in [5.41, 5.74) is 4.09. The van der Waals surface area contributed by atoms with Crippen molar-refractivity contribution in [2.45, 2.75) is 32.7 Å². The number of hydrogen-bond acceptors (Lipinski definition) is 3. The molecule has 1 aromatic carbocycles. The molecule has 3 heteroatoms. The van der Waals surface area contributed by atoms with Crippen molar-refractivity contribution in [3.63, 3.8) is 0 Å². The van der Waals surface area contributed by atoms with Crippen molar-refractivity contribution in [3.05, 3.63) is 23.8 Å². The molecule has 18 heavy (non-hydrogen) atoms. The van der Waals surface area contributed by atoms with E-state index in [0.29, 0.717) is 6.04 Å². The van der Waals surface area contributed by atoms with E-state index in [-0.39, 0.29) is 0 Å². The van der Waals surface area contributed by atoms with Gasteiger partial charge in [0, 0.05) is 26.2 Å². The van der Waals surface area contributed by atoms with Crippen LogP contribution in [0, 0.1) is 0 Å². The van der Waals surface area contributed by atoms with Crippen molar-refractivity contribution in [1.29, 1.82) is 0 Å².